The van der Waals surface area contributed by atoms with Crippen molar-refractivity contribution >= 4 is 50.9 Å². The number of phenols is 2. The van der Waals surface area contributed by atoms with E-state index in [-0.39, 0.29) is 67.7 Å². The average Bonchev–Trinajstić information content (AvgIpc) is 4.06. The minimum absolute atomic E-state index is 0.0362. The zero-order valence-corrected chi connectivity index (χ0v) is 45.3. The van der Waals surface area contributed by atoms with E-state index in [1.807, 2.05) is 31.2 Å². The zero-order chi connectivity index (χ0) is 55.1. The van der Waals surface area contributed by atoms with E-state index >= 15 is 0 Å². The number of aliphatic hydroxyl groups excluding tert-OH is 3. The molecule has 3 aromatic carbocycles. The Labute approximate surface area is 442 Å². The molecule has 18 heteroatoms. The maximum Gasteiger partial charge on any atom is 0.315 e. The Hall–Kier alpha value is -6.60. The number of fused-ring (bicyclic) bond motifs is 16. The number of ether oxygens (including phenoxy) is 3. The number of aromatic hydroxyl groups is 2. The first-order chi connectivity index (χ1) is 36.1. The lowest BCUT2D eigenvalue weighted by molar-refractivity contribution is -0.162. The maximum atomic E-state index is 14.9. The van der Waals surface area contributed by atoms with Gasteiger partial charge in [-0.2, -0.15) is 0 Å². The number of carbonyl (C=O) groups excluding carboxylic acids is 4. The summed E-state index contributed by atoms with van der Waals surface area (Å²) in [7, 11) is 1.00. The Kier molecular flexibility index (Phi) is 16.2. The molecule has 4 unspecified atom stereocenters. The van der Waals surface area contributed by atoms with Crippen LogP contribution in [0.4, 0.5) is 5.69 Å². The van der Waals surface area contributed by atoms with E-state index in [4.69, 9.17) is 29.3 Å². The lowest BCUT2D eigenvalue weighted by Gasteiger charge is -2.36. The lowest BCUT2D eigenvalue weighted by atomic mass is 9.79. The predicted octanol–water partition coefficient (Wildman–Crippen LogP) is 6.17. The number of hydrogen-bond acceptors (Lipinski definition) is 15. The molecule has 0 radical (unpaired) electrons. The van der Waals surface area contributed by atoms with Crippen LogP contribution in [0.25, 0.3) is 21.7 Å². The molecule has 10 rings (SSSR count). The normalized spacial score (nSPS) is 28.3. The number of hydrogen-bond donors (Lipinski definition) is 7. The molecular weight excluding hydrogens is 973 g/mol. The van der Waals surface area contributed by atoms with Crippen LogP contribution in [-0.4, -0.2) is 127 Å². The molecule has 1 fully saturated rings. The first-order valence-corrected chi connectivity index (χ1v) is 26.5. The number of allylic oxidation sites excluding steroid dienone is 3. The number of benzene rings is 3. The summed E-state index contributed by atoms with van der Waals surface area (Å²) < 4.78 is 18.7. The van der Waals surface area contributed by atoms with E-state index in [1.54, 1.807) is 63.8 Å². The molecule has 408 valence electrons. The molecule has 2 amide bonds. The Bertz CT molecular complexity index is 3150. The number of carbonyl (C=O) groups is 4. The highest BCUT2D eigenvalue weighted by Gasteiger charge is 2.50. The number of aromatic amines is 1. The minimum atomic E-state index is -1.96. The van der Waals surface area contributed by atoms with Gasteiger partial charge in [0, 0.05) is 122 Å². The molecule has 5 bridgehead atoms. The second-order valence-electron chi connectivity index (χ2n) is 21.9. The molecule has 0 saturated carbocycles. The van der Waals surface area contributed by atoms with Crippen molar-refractivity contribution in [3.05, 3.63) is 93.5 Å². The van der Waals surface area contributed by atoms with E-state index in [0.29, 0.717) is 51.4 Å². The number of phenolic OH excluding ortho intramolecular Hbond substituents is 2. The molecule has 6 aliphatic rings. The number of para-hydroxylation sites is 1. The number of anilines is 1. The van der Waals surface area contributed by atoms with Crippen molar-refractivity contribution in [1.82, 2.24) is 14.8 Å². The number of aliphatic hydroxyl groups is 3. The molecule has 0 aliphatic carbocycles. The highest BCUT2D eigenvalue weighted by Crippen LogP contribution is 2.50. The number of nitrogens with zero attached hydrogens (tertiary/aromatic N) is 4. The highest BCUT2D eigenvalue weighted by atomic mass is 16.7. The number of esters is 1. The van der Waals surface area contributed by atoms with Gasteiger partial charge >= 0.3 is 11.8 Å². The van der Waals surface area contributed by atoms with E-state index in [1.165, 1.54) is 13.2 Å². The zero-order valence-electron chi connectivity index (χ0n) is 45.3. The van der Waals surface area contributed by atoms with Gasteiger partial charge in [0.2, 0.25) is 5.91 Å². The van der Waals surface area contributed by atoms with Crippen molar-refractivity contribution < 1.29 is 58.9 Å². The molecule has 1 saturated heterocycles. The largest absolute Gasteiger partial charge is 0.507 e. The van der Waals surface area contributed by atoms with Crippen LogP contribution in [-0.2, 0) is 36.8 Å². The second kappa shape index (κ2) is 22.2. The quantitative estimate of drug-likeness (QED) is 0.0672. The first kappa shape index (κ1) is 55.6. The number of ketones is 1. The SMILES string of the molecule is C/C1=C/C=C/C(C)[C@H](O)[C@@H](C)C(O)[C@@H](C)C(OC(=O)CC(=O)N2CCc3[nH]c4ccccc4c3C2)[C@H](C)C/C=C/OC2(C)Oc3c(C)c(O)c4c(O)c(c5c(c4c3C2=O)=NC2(CCN(CC(C)C)CC2)N=5)NC1=O.CO. The second-order valence-corrected chi connectivity index (χ2v) is 21.9. The summed E-state index contributed by atoms with van der Waals surface area (Å²) in [6.45, 7) is 19.1. The van der Waals surface area contributed by atoms with E-state index in [0.717, 1.165) is 35.8 Å². The van der Waals surface area contributed by atoms with Crippen LogP contribution in [0, 0.1) is 36.5 Å². The maximum absolute atomic E-state index is 14.9. The molecule has 8 atom stereocenters. The summed E-state index contributed by atoms with van der Waals surface area (Å²) in [6.07, 6.45) is 6.04. The van der Waals surface area contributed by atoms with Crippen LogP contribution >= 0.6 is 0 Å². The molecule has 6 aliphatic heterocycles. The molecule has 76 heavy (non-hydrogen) atoms. The van der Waals surface area contributed by atoms with Crippen molar-refractivity contribution in [3.63, 3.8) is 0 Å². The van der Waals surface area contributed by atoms with Gasteiger partial charge in [-0.05, 0) is 44.2 Å². The van der Waals surface area contributed by atoms with E-state index in [2.05, 4.69) is 29.0 Å². The number of Topliss-reactive ketones (excluding diaryl/α,β-unsaturated/α-hetero) is 1. The fraction of sp³-hybridized carbons (Fsp3) is 0.517. The predicted molar refractivity (Wildman–Crippen MR) is 286 cm³/mol. The number of nitrogens with one attached hydrogen (secondary N) is 2. The Balaban J connectivity index is 0.00000378. The number of H-pyrrole nitrogens is 1. The van der Waals surface area contributed by atoms with Crippen LogP contribution in [0.2, 0.25) is 0 Å². The van der Waals surface area contributed by atoms with Gasteiger partial charge in [-0.3, -0.25) is 29.2 Å². The molecule has 4 aromatic rings. The smallest absolute Gasteiger partial charge is 0.315 e. The van der Waals surface area contributed by atoms with Crippen molar-refractivity contribution in [2.75, 3.05) is 38.6 Å². The van der Waals surface area contributed by atoms with Crippen LogP contribution in [0.15, 0.2) is 70.4 Å². The molecule has 7 heterocycles. The molecule has 1 spiro atoms. The summed E-state index contributed by atoms with van der Waals surface area (Å²) in [6, 6.07) is 7.91. The van der Waals surface area contributed by atoms with E-state index in [9.17, 15) is 39.6 Å². The van der Waals surface area contributed by atoms with Gasteiger partial charge in [0.05, 0.1) is 34.8 Å². The molecule has 7 N–H and O–H groups in total. The van der Waals surface area contributed by atoms with Gasteiger partial charge in [-0.1, -0.05) is 78.0 Å². The molecular formula is C58H74N6O12. The summed E-state index contributed by atoms with van der Waals surface area (Å²) in [5.74, 6) is -7.14. The Morgan fingerprint density at radius 1 is 0.934 bits per heavy atom. The van der Waals surface area contributed by atoms with Gasteiger partial charge in [0.1, 0.15) is 35.1 Å². The number of likely N-dealkylation sites (tertiary alicyclic amines) is 1. The van der Waals surface area contributed by atoms with E-state index < -0.39 is 83.3 Å². The molecule has 18 nitrogen and oxygen atoms in total. The van der Waals surface area contributed by atoms with Gasteiger partial charge in [0.15, 0.2) is 11.4 Å². The summed E-state index contributed by atoms with van der Waals surface area (Å²) in [5, 5.41) is 59.0. The standard InChI is InChI=1S/C57H70N6O11.CH4O/c1-29(2)27-62-23-20-57(21-24-62)60-45-42-43-50(68)35(8)53-44(42)54(70)56(9,74-53)72-25-13-16-31(4)52(73-41(65)26-40(64)63-22-19-39-37(28-63)36-17-10-11-18-38(36)58-39)34(7)49(67)33(6)48(66)30(3)14-12-15-32(5)55(71)59-47(51(43)69)46(45)61-57;1-2/h10-15,17-18,25,29-31,33-34,48-49,52,58,66-69H,16,19-24,26-28H2,1-9H3,(H,59,71);2H,1H3/b14-12+,25-13+,32-15-;/t30?,31-,33-,34-,48+,49?,52?,56?;/m1./s1. The lowest BCUT2D eigenvalue weighted by Crippen LogP contribution is -2.45. The number of piperidine rings is 1. The first-order valence-electron chi connectivity index (χ1n) is 26.5. The van der Waals surface area contributed by atoms with Crippen molar-refractivity contribution in [2.45, 2.75) is 131 Å². The summed E-state index contributed by atoms with van der Waals surface area (Å²) in [5.41, 5.74) is 2.47. The number of aromatic nitrogens is 1. The van der Waals surface area contributed by atoms with Crippen LogP contribution in [0.1, 0.15) is 108 Å². The van der Waals surface area contributed by atoms with Gasteiger partial charge < -0.3 is 59.8 Å². The number of amides is 2. The highest BCUT2D eigenvalue weighted by molar-refractivity contribution is 6.19. The minimum Gasteiger partial charge on any atom is -0.507 e. The monoisotopic (exact) mass is 1050 g/mol. The van der Waals surface area contributed by atoms with Crippen molar-refractivity contribution in [3.8, 4) is 17.2 Å². The third-order valence-corrected chi connectivity index (χ3v) is 16.0. The van der Waals surface area contributed by atoms with Crippen LogP contribution in [0.3, 0.4) is 0 Å². The summed E-state index contributed by atoms with van der Waals surface area (Å²) in [4.78, 5) is 74.3. The van der Waals surface area contributed by atoms with Gasteiger partial charge in [0.25, 0.3) is 11.7 Å². The summed E-state index contributed by atoms with van der Waals surface area (Å²) >= 11 is 0. The van der Waals surface area contributed by atoms with Crippen molar-refractivity contribution in [1.29, 1.82) is 0 Å². The van der Waals surface area contributed by atoms with Gasteiger partial charge in [-0.15, -0.1) is 0 Å². The van der Waals surface area contributed by atoms with Crippen LogP contribution < -0.4 is 20.8 Å². The fourth-order valence-corrected chi connectivity index (χ4v) is 11.5. The third kappa shape index (κ3) is 10.5. The fourth-order valence-electron chi connectivity index (χ4n) is 11.5. The third-order valence-electron chi connectivity index (χ3n) is 16.0. The number of rotatable bonds is 5. The van der Waals surface area contributed by atoms with Crippen LogP contribution in [0.5, 0.6) is 17.2 Å². The average molecular weight is 1050 g/mol. The Morgan fingerprint density at radius 3 is 2.34 bits per heavy atom. The van der Waals surface area contributed by atoms with Gasteiger partial charge in [-0.25, -0.2) is 0 Å². The topological polar surface area (TPSA) is 256 Å². The Morgan fingerprint density at radius 2 is 1.63 bits per heavy atom. The molecule has 1 aromatic heterocycles. The van der Waals surface area contributed by atoms with Crippen molar-refractivity contribution in [2.24, 2.45) is 39.6 Å².